The van der Waals surface area contributed by atoms with Crippen LogP contribution in [0, 0.1) is 0 Å². The van der Waals surface area contributed by atoms with E-state index < -0.39 is 0 Å². The largest absolute Gasteiger partial charge is 0.367 e. The Kier molecular flexibility index (Phi) is 3.92. The Labute approximate surface area is 123 Å². The highest BCUT2D eigenvalue weighted by Gasteiger charge is 2.30. The lowest BCUT2D eigenvalue weighted by molar-refractivity contribution is -0.0693. The van der Waals surface area contributed by atoms with E-state index in [0.29, 0.717) is 18.8 Å². The van der Waals surface area contributed by atoms with E-state index >= 15 is 0 Å². The van der Waals surface area contributed by atoms with Crippen molar-refractivity contribution in [1.29, 1.82) is 0 Å². The van der Waals surface area contributed by atoms with Gasteiger partial charge in [-0.05, 0) is 12.5 Å². The zero-order valence-electron chi connectivity index (χ0n) is 11.8. The molecule has 21 heavy (non-hydrogen) atoms. The van der Waals surface area contributed by atoms with E-state index in [1.54, 1.807) is 11.1 Å². The van der Waals surface area contributed by atoms with Crippen LogP contribution in [0.1, 0.15) is 29.1 Å². The third-order valence-electron chi connectivity index (χ3n) is 3.50. The van der Waals surface area contributed by atoms with Gasteiger partial charge in [0.25, 0.3) is 5.91 Å². The van der Waals surface area contributed by atoms with Gasteiger partial charge >= 0.3 is 0 Å². The molecule has 0 saturated carbocycles. The van der Waals surface area contributed by atoms with Crippen molar-refractivity contribution in [1.82, 2.24) is 14.9 Å². The van der Waals surface area contributed by atoms with E-state index in [-0.39, 0.29) is 18.1 Å². The van der Waals surface area contributed by atoms with Crippen LogP contribution in [0.2, 0.25) is 0 Å². The van der Waals surface area contributed by atoms with Crippen molar-refractivity contribution in [3.63, 3.8) is 0 Å². The second-order valence-corrected chi connectivity index (χ2v) is 5.15. The van der Waals surface area contributed by atoms with Crippen LogP contribution >= 0.6 is 0 Å². The Morgan fingerprint density at radius 3 is 2.76 bits per heavy atom. The quantitative estimate of drug-likeness (QED) is 0.846. The van der Waals surface area contributed by atoms with Crippen LogP contribution < -0.4 is 0 Å². The lowest BCUT2D eigenvalue weighted by Crippen LogP contribution is -2.46. The SMILES string of the molecule is C[C@@H]1CN(C(=O)c2cnccn2)C[C@H](c2ccccc2)O1. The summed E-state index contributed by atoms with van der Waals surface area (Å²) in [4.78, 5) is 22.3. The maximum atomic E-state index is 12.5. The van der Waals surface area contributed by atoms with E-state index in [2.05, 4.69) is 9.97 Å². The smallest absolute Gasteiger partial charge is 0.274 e. The minimum Gasteiger partial charge on any atom is -0.367 e. The molecule has 1 aromatic carbocycles. The van der Waals surface area contributed by atoms with E-state index in [9.17, 15) is 4.79 Å². The normalized spacial score (nSPS) is 22.0. The van der Waals surface area contributed by atoms with Crippen molar-refractivity contribution in [3.05, 3.63) is 60.2 Å². The van der Waals surface area contributed by atoms with Crippen LogP contribution in [0.15, 0.2) is 48.9 Å². The highest BCUT2D eigenvalue weighted by Crippen LogP contribution is 2.25. The molecule has 2 heterocycles. The van der Waals surface area contributed by atoms with Gasteiger partial charge in [0.05, 0.1) is 18.8 Å². The Morgan fingerprint density at radius 1 is 1.24 bits per heavy atom. The third kappa shape index (κ3) is 3.08. The topological polar surface area (TPSA) is 55.3 Å². The van der Waals surface area contributed by atoms with Gasteiger partial charge in [-0.2, -0.15) is 0 Å². The van der Waals surface area contributed by atoms with E-state index in [1.807, 2.05) is 37.3 Å². The second kappa shape index (κ2) is 6.01. The van der Waals surface area contributed by atoms with Crippen LogP contribution in [0.5, 0.6) is 0 Å². The molecular formula is C16H17N3O2. The Hall–Kier alpha value is -2.27. The molecule has 1 saturated heterocycles. The Balaban J connectivity index is 1.79. The van der Waals surface area contributed by atoms with Gasteiger partial charge in [0.1, 0.15) is 11.8 Å². The molecule has 3 rings (SSSR count). The van der Waals surface area contributed by atoms with Gasteiger partial charge in [-0.1, -0.05) is 30.3 Å². The van der Waals surface area contributed by atoms with Crippen LogP contribution in [0.25, 0.3) is 0 Å². The fourth-order valence-corrected chi connectivity index (χ4v) is 2.54. The molecule has 2 atom stereocenters. The van der Waals surface area contributed by atoms with Gasteiger partial charge in [0, 0.05) is 18.9 Å². The number of hydrogen-bond acceptors (Lipinski definition) is 4. The first-order valence-electron chi connectivity index (χ1n) is 7.00. The van der Waals surface area contributed by atoms with E-state index in [1.165, 1.54) is 12.4 Å². The second-order valence-electron chi connectivity index (χ2n) is 5.15. The number of benzene rings is 1. The van der Waals surface area contributed by atoms with E-state index in [0.717, 1.165) is 5.56 Å². The summed E-state index contributed by atoms with van der Waals surface area (Å²) >= 11 is 0. The molecule has 108 valence electrons. The summed E-state index contributed by atoms with van der Waals surface area (Å²) in [5.74, 6) is -0.0980. The Morgan fingerprint density at radius 2 is 2.05 bits per heavy atom. The molecule has 1 fully saturated rings. The molecule has 0 bridgehead atoms. The average molecular weight is 283 g/mol. The predicted molar refractivity (Wildman–Crippen MR) is 77.7 cm³/mol. The Bertz CT molecular complexity index is 603. The molecule has 0 aliphatic carbocycles. The summed E-state index contributed by atoms with van der Waals surface area (Å²) in [6.45, 7) is 3.08. The number of carbonyl (C=O) groups excluding carboxylic acids is 1. The number of carbonyl (C=O) groups is 1. The molecule has 1 amide bonds. The predicted octanol–water partition coefficient (Wildman–Crippen LogP) is 2.08. The molecule has 1 aliphatic heterocycles. The van der Waals surface area contributed by atoms with Crippen LogP contribution in [0.3, 0.4) is 0 Å². The molecule has 5 nitrogen and oxygen atoms in total. The maximum Gasteiger partial charge on any atom is 0.274 e. The molecular weight excluding hydrogens is 266 g/mol. The van der Waals surface area contributed by atoms with Crippen molar-refractivity contribution in [3.8, 4) is 0 Å². The maximum absolute atomic E-state index is 12.5. The van der Waals surface area contributed by atoms with E-state index in [4.69, 9.17) is 4.74 Å². The molecule has 0 N–H and O–H groups in total. The van der Waals surface area contributed by atoms with Crippen molar-refractivity contribution in [2.24, 2.45) is 0 Å². The summed E-state index contributed by atoms with van der Waals surface area (Å²) in [5, 5.41) is 0. The summed E-state index contributed by atoms with van der Waals surface area (Å²) in [7, 11) is 0. The van der Waals surface area contributed by atoms with Gasteiger partial charge in [-0.3, -0.25) is 9.78 Å². The monoisotopic (exact) mass is 283 g/mol. The molecule has 0 spiro atoms. The standard InChI is InChI=1S/C16H17N3O2/c1-12-10-19(16(20)14-9-17-7-8-18-14)11-15(21-12)13-5-3-2-4-6-13/h2-9,12,15H,10-11H2,1H3/t12-,15-/m1/s1. The molecule has 0 unspecified atom stereocenters. The summed E-state index contributed by atoms with van der Waals surface area (Å²) < 4.78 is 5.96. The zero-order chi connectivity index (χ0) is 14.7. The van der Waals surface area contributed by atoms with Gasteiger partial charge in [0.15, 0.2) is 0 Å². The number of morpholine rings is 1. The van der Waals surface area contributed by atoms with Crippen molar-refractivity contribution in [2.45, 2.75) is 19.1 Å². The lowest BCUT2D eigenvalue weighted by atomic mass is 10.1. The molecule has 5 heteroatoms. The van der Waals surface area contributed by atoms with Gasteiger partial charge < -0.3 is 9.64 Å². The highest BCUT2D eigenvalue weighted by molar-refractivity contribution is 5.92. The zero-order valence-corrected chi connectivity index (χ0v) is 11.8. The fourth-order valence-electron chi connectivity index (χ4n) is 2.54. The first-order chi connectivity index (χ1) is 10.2. The summed E-state index contributed by atoms with van der Waals surface area (Å²) in [6, 6.07) is 9.97. The molecule has 0 radical (unpaired) electrons. The number of hydrogen-bond donors (Lipinski definition) is 0. The molecule has 1 aliphatic rings. The van der Waals surface area contributed by atoms with Gasteiger partial charge in [-0.15, -0.1) is 0 Å². The minimum absolute atomic E-state index is 0.00965. The molecule has 1 aromatic heterocycles. The van der Waals surface area contributed by atoms with Gasteiger partial charge in [-0.25, -0.2) is 4.98 Å². The lowest BCUT2D eigenvalue weighted by Gasteiger charge is -2.36. The van der Waals surface area contributed by atoms with Crippen molar-refractivity contribution >= 4 is 5.91 Å². The fraction of sp³-hybridized carbons (Fsp3) is 0.312. The van der Waals surface area contributed by atoms with Crippen LogP contribution in [0.4, 0.5) is 0 Å². The number of ether oxygens (including phenoxy) is 1. The number of aromatic nitrogens is 2. The van der Waals surface area contributed by atoms with Crippen molar-refractivity contribution < 1.29 is 9.53 Å². The summed E-state index contributed by atoms with van der Waals surface area (Å²) in [6.07, 6.45) is 4.48. The first kappa shape index (κ1) is 13.7. The van der Waals surface area contributed by atoms with Crippen LogP contribution in [-0.4, -0.2) is 40.0 Å². The van der Waals surface area contributed by atoms with Gasteiger partial charge in [0.2, 0.25) is 0 Å². The summed E-state index contributed by atoms with van der Waals surface area (Å²) in [5.41, 5.74) is 1.46. The average Bonchev–Trinajstić information content (AvgIpc) is 2.55. The molecule has 2 aromatic rings. The highest BCUT2D eigenvalue weighted by atomic mass is 16.5. The number of rotatable bonds is 2. The first-order valence-corrected chi connectivity index (χ1v) is 7.00. The minimum atomic E-state index is -0.101. The van der Waals surface area contributed by atoms with Crippen LogP contribution in [-0.2, 0) is 4.74 Å². The van der Waals surface area contributed by atoms with Crippen molar-refractivity contribution in [2.75, 3.05) is 13.1 Å². The third-order valence-corrected chi connectivity index (χ3v) is 3.50. The number of nitrogens with zero attached hydrogens (tertiary/aromatic N) is 3. The number of amides is 1.